The van der Waals surface area contributed by atoms with Crippen LogP contribution in [0.4, 0.5) is 0 Å². The summed E-state index contributed by atoms with van der Waals surface area (Å²) in [5.41, 5.74) is 0. The van der Waals surface area contributed by atoms with E-state index in [-0.39, 0.29) is 11.8 Å². The fourth-order valence-electron chi connectivity index (χ4n) is 1.46. The van der Waals surface area contributed by atoms with Gasteiger partial charge in [0.25, 0.3) is 0 Å². The van der Waals surface area contributed by atoms with E-state index in [1.165, 1.54) is 4.31 Å². The quantitative estimate of drug-likeness (QED) is 0.679. The minimum atomic E-state index is -3.11. The first-order valence-electron chi connectivity index (χ1n) is 6.37. The van der Waals surface area contributed by atoms with E-state index in [0.717, 1.165) is 6.54 Å². The predicted molar refractivity (Wildman–Crippen MR) is 73.6 cm³/mol. The lowest BCUT2D eigenvalue weighted by Crippen LogP contribution is -2.40. The van der Waals surface area contributed by atoms with Crippen molar-refractivity contribution in [2.45, 2.75) is 53.1 Å². The average molecular weight is 264 g/mol. The van der Waals surface area contributed by atoms with Gasteiger partial charge in [-0.05, 0) is 25.8 Å². The van der Waals surface area contributed by atoms with Crippen molar-refractivity contribution in [2.24, 2.45) is 5.92 Å². The molecule has 1 atom stereocenters. The van der Waals surface area contributed by atoms with Crippen LogP contribution in [0.15, 0.2) is 0 Å². The Bertz CT molecular complexity index is 300. The topological polar surface area (TPSA) is 49.4 Å². The van der Waals surface area contributed by atoms with E-state index in [2.05, 4.69) is 19.2 Å². The molecule has 5 heteroatoms. The van der Waals surface area contributed by atoms with Gasteiger partial charge in [0.05, 0.1) is 5.75 Å². The van der Waals surface area contributed by atoms with Crippen LogP contribution in [0.2, 0.25) is 0 Å². The van der Waals surface area contributed by atoms with Crippen molar-refractivity contribution in [3.05, 3.63) is 0 Å². The smallest absolute Gasteiger partial charge is 0.214 e. The molecule has 0 aromatic heterocycles. The summed E-state index contributed by atoms with van der Waals surface area (Å²) in [5.74, 6) is 0.559. The lowest BCUT2D eigenvalue weighted by atomic mass is 10.1. The maximum absolute atomic E-state index is 12.0. The number of hydrogen-bond donors (Lipinski definition) is 1. The van der Waals surface area contributed by atoms with Crippen LogP contribution in [0.3, 0.4) is 0 Å². The number of nitrogens with one attached hydrogen (secondary N) is 1. The van der Waals surface area contributed by atoms with Crippen LogP contribution in [-0.2, 0) is 10.0 Å². The molecule has 0 aliphatic carbocycles. The van der Waals surface area contributed by atoms with Crippen molar-refractivity contribution in [2.75, 3.05) is 19.3 Å². The number of sulfonamides is 1. The summed E-state index contributed by atoms with van der Waals surface area (Å²) in [7, 11) is -1.43. The first-order chi connectivity index (χ1) is 7.68. The third-order valence-electron chi connectivity index (χ3n) is 3.11. The number of rotatable bonds is 8. The van der Waals surface area contributed by atoms with E-state index in [0.29, 0.717) is 18.4 Å². The highest BCUT2D eigenvalue weighted by Crippen LogP contribution is 2.13. The lowest BCUT2D eigenvalue weighted by Gasteiger charge is -2.27. The van der Waals surface area contributed by atoms with E-state index < -0.39 is 10.0 Å². The number of hydrogen-bond acceptors (Lipinski definition) is 3. The normalized spacial score (nSPS) is 14.9. The lowest BCUT2D eigenvalue weighted by molar-refractivity contribution is 0.315. The molecule has 0 saturated carbocycles. The largest absolute Gasteiger partial charge is 0.314 e. The monoisotopic (exact) mass is 264 g/mol. The summed E-state index contributed by atoms with van der Waals surface area (Å²) < 4.78 is 25.5. The Hall–Kier alpha value is -0.130. The highest BCUT2D eigenvalue weighted by atomic mass is 32.2. The van der Waals surface area contributed by atoms with Crippen LogP contribution in [0, 0.1) is 5.92 Å². The molecular weight excluding hydrogens is 236 g/mol. The molecule has 0 aliphatic rings. The summed E-state index contributed by atoms with van der Waals surface area (Å²) >= 11 is 0. The summed E-state index contributed by atoms with van der Waals surface area (Å²) in [6.45, 7) is 10.9. The average Bonchev–Trinajstić information content (AvgIpc) is 2.21. The zero-order chi connectivity index (χ0) is 13.6. The Morgan fingerprint density at radius 1 is 1.12 bits per heavy atom. The molecule has 0 saturated heterocycles. The van der Waals surface area contributed by atoms with Crippen LogP contribution in [0.5, 0.6) is 0 Å². The van der Waals surface area contributed by atoms with Gasteiger partial charge in [-0.15, -0.1) is 0 Å². The Labute approximate surface area is 107 Å². The van der Waals surface area contributed by atoms with Gasteiger partial charge in [-0.25, -0.2) is 12.7 Å². The standard InChI is InChI=1S/C12H28N2O2S/c1-10(2)12(5)14(6)17(15,16)9-7-8-13-11(3)4/h10-13H,7-9H2,1-6H3. The second-order valence-corrected chi connectivity index (χ2v) is 7.43. The van der Waals surface area contributed by atoms with Crippen molar-refractivity contribution < 1.29 is 8.42 Å². The molecule has 0 aromatic carbocycles. The molecule has 1 unspecified atom stereocenters. The fourth-order valence-corrected chi connectivity index (χ4v) is 3.01. The summed E-state index contributed by atoms with van der Waals surface area (Å²) in [4.78, 5) is 0. The van der Waals surface area contributed by atoms with Gasteiger partial charge in [0.1, 0.15) is 0 Å². The van der Waals surface area contributed by atoms with Gasteiger partial charge >= 0.3 is 0 Å². The molecule has 0 rings (SSSR count). The Kier molecular flexibility index (Phi) is 7.28. The van der Waals surface area contributed by atoms with Crippen LogP contribution in [0.1, 0.15) is 41.0 Å². The Morgan fingerprint density at radius 3 is 2.06 bits per heavy atom. The molecule has 0 spiro atoms. The van der Waals surface area contributed by atoms with E-state index in [9.17, 15) is 8.42 Å². The highest BCUT2D eigenvalue weighted by Gasteiger charge is 2.24. The molecule has 0 aliphatic heterocycles. The minimum absolute atomic E-state index is 0.0538. The van der Waals surface area contributed by atoms with Gasteiger partial charge in [0, 0.05) is 19.1 Å². The number of nitrogens with zero attached hydrogens (tertiary/aromatic N) is 1. The molecule has 0 bridgehead atoms. The van der Waals surface area contributed by atoms with Crippen molar-refractivity contribution in [3.8, 4) is 0 Å². The minimum Gasteiger partial charge on any atom is -0.314 e. The van der Waals surface area contributed by atoms with Crippen molar-refractivity contribution in [1.82, 2.24) is 9.62 Å². The molecule has 0 radical (unpaired) electrons. The van der Waals surface area contributed by atoms with Gasteiger partial charge in [-0.1, -0.05) is 27.7 Å². The van der Waals surface area contributed by atoms with Crippen LogP contribution in [0.25, 0.3) is 0 Å². The Balaban J connectivity index is 4.19. The molecule has 0 amide bonds. The second kappa shape index (κ2) is 7.34. The van der Waals surface area contributed by atoms with Gasteiger partial charge in [-0.2, -0.15) is 0 Å². The maximum atomic E-state index is 12.0. The molecule has 17 heavy (non-hydrogen) atoms. The third-order valence-corrected chi connectivity index (χ3v) is 5.12. The van der Waals surface area contributed by atoms with Gasteiger partial charge < -0.3 is 5.32 Å². The maximum Gasteiger partial charge on any atom is 0.214 e. The van der Waals surface area contributed by atoms with E-state index in [4.69, 9.17) is 0 Å². The zero-order valence-electron chi connectivity index (χ0n) is 12.0. The van der Waals surface area contributed by atoms with Crippen LogP contribution < -0.4 is 5.32 Å². The van der Waals surface area contributed by atoms with Gasteiger partial charge in [0.15, 0.2) is 0 Å². The van der Waals surface area contributed by atoms with Gasteiger partial charge in [-0.3, -0.25) is 0 Å². The van der Waals surface area contributed by atoms with E-state index in [1.807, 2.05) is 20.8 Å². The van der Waals surface area contributed by atoms with Crippen molar-refractivity contribution in [1.29, 1.82) is 0 Å². The SMILES string of the molecule is CC(C)NCCCS(=O)(=O)N(C)C(C)C(C)C. The van der Waals surface area contributed by atoms with Crippen molar-refractivity contribution >= 4 is 10.0 Å². The van der Waals surface area contributed by atoms with Crippen LogP contribution in [-0.4, -0.2) is 44.2 Å². The Morgan fingerprint density at radius 2 is 1.65 bits per heavy atom. The first-order valence-corrected chi connectivity index (χ1v) is 7.98. The third kappa shape index (κ3) is 6.38. The molecule has 1 N–H and O–H groups in total. The molecule has 0 fully saturated rings. The first kappa shape index (κ1) is 16.9. The van der Waals surface area contributed by atoms with E-state index in [1.54, 1.807) is 7.05 Å². The van der Waals surface area contributed by atoms with Crippen LogP contribution >= 0.6 is 0 Å². The molecule has 4 nitrogen and oxygen atoms in total. The molecule has 0 heterocycles. The van der Waals surface area contributed by atoms with Gasteiger partial charge in [0.2, 0.25) is 10.0 Å². The summed E-state index contributed by atoms with van der Waals surface area (Å²) in [6.07, 6.45) is 0.662. The molecular formula is C12H28N2O2S. The molecule has 104 valence electrons. The highest BCUT2D eigenvalue weighted by molar-refractivity contribution is 7.89. The summed E-state index contributed by atoms with van der Waals surface area (Å²) in [6, 6.07) is 0.461. The second-order valence-electron chi connectivity index (χ2n) is 5.28. The van der Waals surface area contributed by atoms with E-state index >= 15 is 0 Å². The zero-order valence-corrected chi connectivity index (χ0v) is 12.8. The molecule has 0 aromatic rings. The summed E-state index contributed by atoms with van der Waals surface area (Å²) in [5, 5.41) is 3.23. The predicted octanol–water partition coefficient (Wildman–Crippen LogP) is 1.68. The van der Waals surface area contributed by atoms with Crippen molar-refractivity contribution in [3.63, 3.8) is 0 Å². The fraction of sp³-hybridized carbons (Fsp3) is 1.00.